The molecule has 0 fully saturated rings. The van der Waals surface area contributed by atoms with Crippen molar-refractivity contribution in [1.82, 2.24) is 15.5 Å². The van der Waals surface area contributed by atoms with Crippen LogP contribution in [0.2, 0.25) is 0 Å². The molecule has 7 nitrogen and oxygen atoms in total. The van der Waals surface area contributed by atoms with Crippen molar-refractivity contribution in [1.29, 1.82) is 0 Å². The molecule has 0 aromatic heterocycles. The molecule has 0 aliphatic heterocycles. The third-order valence-corrected chi connectivity index (χ3v) is 6.28. The minimum absolute atomic E-state index is 0.192. The molecule has 0 saturated heterocycles. The number of nitrogens with one attached hydrogen (secondary N) is 2. The molecule has 2 atom stereocenters. The van der Waals surface area contributed by atoms with Crippen LogP contribution in [0.25, 0.3) is 0 Å². The highest BCUT2D eigenvalue weighted by Gasteiger charge is 2.35. The zero-order valence-electron chi connectivity index (χ0n) is 23.1. The molecule has 1 rings (SSSR count). The van der Waals surface area contributed by atoms with E-state index in [4.69, 9.17) is 4.74 Å². The summed E-state index contributed by atoms with van der Waals surface area (Å²) in [6.07, 6.45) is 7.48. The topological polar surface area (TPSA) is 87.7 Å². The number of thioether (sulfide) groups is 1. The maximum absolute atomic E-state index is 14.0. The van der Waals surface area contributed by atoms with Crippen molar-refractivity contribution >= 4 is 29.7 Å². The van der Waals surface area contributed by atoms with Gasteiger partial charge in [0.25, 0.3) is 0 Å². The van der Waals surface area contributed by atoms with E-state index < -0.39 is 23.8 Å². The predicted molar refractivity (Wildman–Crippen MR) is 149 cm³/mol. The highest BCUT2D eigenvalue weighted by Crippen LogP contribution is 2.24. The quantitative estimate of drug-likeness (QED) is 0.273. The fraction of sp³-hybridized carbons (Fsp3) is 0.679. The predicted octanol–water partition coefficient (Wildman–Crippen LogP) is 5.70. The molecule has 0 spiro atoms. The van der Waals surface area contributed by atoms with Gasteiger partial charge in [-0.3, -0.25) is 9.59 Å². The fourth-order valence-corrected chi connectivity index (χ4v) is 4.30. The number of amides is 3. The Bertz CT molecular complexity index is 783. The van der Waals surface area contributed by atoms with Crippen LogP contribution in [-0.4, -0.2) is 59.5 Å². The molecule has 36 heavy (non-hydrogen) atoms. The molecule has 1 aromatic carbocycles. The van der Waals surface area contributed by atoms with Crippen molar-refractivity contribution in [3.8, 4) is 0 Å². The average Bonchev–Trinajstić information content (AvgIpc) is 2.83. The summed E-state index contributed by atoms with van der Waals surface area (Å²) < 4.78 is 5.44. The number of carbonyl (C=O) groups is 3. The zero-order chi connectivity index (χ0) is 27.0. The van der Waals surface area contributed by atoms with Gasteiger partial charge < -0.3 is 20.3 Å². The molecule has 2 N–H and O–H groups in total. The van der Waals surface area contributed by atoms with Crippen LogP contribution in [0.1, 0.15) is 91.2 Å². The molecule has 3 amide bonds. The van der Waals surface area contributed by atoms with Crippen molar-refractivity contribution in [3.63, 3.8) is 0 Å². The summed E-state index contributed by atoms with van der Waals surface area (Å²) in [5.74, 6) is 0.236. The van der Waals surface area contributed by atoms with Gasteiger partial charge in [0.15, 0.2) is 0 Å². The Morgan fingerprint density at radius 1 is 1.00 bits per heavy atom. The van der Waals surface area contributed by atoms with E-state index in [0.29, 0.717) is 25.3 Å². The first kappa shape index (κ1) is 31.8. The first-order valence-corrected chi connectivity index (χ1v) is 14.7. The Hall–Kier alpha value is -2.22. The van der Waals surface area contributed by atoms with Gasteiger partial charge in [-0.05, 0) is 57.6 Å². The Labute approximate surface area is 222 Å². The minimum atomic E-state index is -0.784. The maximum Gasteiger partial charge on any atom is 0.408 e. The molecule has 0 saturated carbocycles. The maximum atomic E-state index is 14.0. The van der Waals surface area contributed by atoms with E-state index in [1.54, 1.807) is 37.4 Å². The minimum Gasteiger partial charge on any atom is -0.444 e. The van der Waals surface area contributed by atoms with Gasteiger partial charge in [0, 0.05) is 13.1 Å². The second-order valence-corrected chi connectivity index (χ2v) is 11.0. The second-order valence-electron chi connectivity index (χ2n) is 10.0. The molecular formula is C28H47N3O4S. The highest BCUT2D eigenvalue weighted by molar-refractivity contribution is 7.98. The summed E-state index contributed by atoms with van der Waals surface area (Å²) in [4.78, 5) is 41.8. The Morgan fingerprint density at radius 2 is 1.64 bits per heavy atom. The standard InChI is InChI=1S/C28H47N3O4S/c1-7-9-14-19-29-25(32)24(22-16-12-11-13-17-22)31(20-15-10-8-2)26(33)23(18-21-36-6)30-27(34)35-28(3,4)5/h11-13,16-17,23-24H,7-10,14-15,18-21H2,1-6H3,(H,29,32)(H,30,34). The average molecular weight is 522 g/mol. The zero-order valence-corrected chi connectivity index (χ0v) is 23.9. The van der Waals surface area contributed by atoms with Crippen LogP contribution in [0.4, 0.5) is 4.79 Å². The van der Waals surface area contributed by atoms with Crippen LogP contribution in [-0.2, 0) is 14.3 Å². The fourth-order valence-electron chi connectivity index (χ4n) is 3.83. The van der Waals surface area contributed by atoms with Crippen molar-refractivity contribution in [2.75, 3.05) is 25.1 Å². The molecule has 1 aromatic rings. The number of nitrogens with zero attached hydrogens (tertiary/aromatic N) is 1. The molecule has 8 heteroatoms. The Kier molecular flexibility index (Phi) is 15.3. The summed E-state index contributed by atoms with van der Waals surface area (Å²) >= 11 is 1.61. The van der Waals surface area contributed by atoms with E-state index in [-0.39, 0.29) is 11.8 Å². The largest absolute Gasteiger partial charge is 0.444 e. The monoisotopic (exact) mass is 521 g/mol. The van der Waals surface area contributed by atoms with Crippen LogP contribution >= 0.6 is 11.8 Å². The molecular weight excluding hydrogens is 474 g/mol. The van der Waals surface area contributed by atoms with Crippen LogP contribution in [0.3, 0.4) is 0 Å². The van der Waals surface area contributed by atoms with Crippen molar-refractivity contribution in [3.05, 3.63) is 35.9 Å². The third-order valence-electron chi connectivity index (χ3n) is 5.64. The van der Waals surface area contributed by atoms with Crippen LogP contribution in [0.5, 0.6) is 0 Å². The summed E-state index contributed by atoms with van der Waals surface area (Å²) in [7, 11) is 0. The molecule has 2 unspecified atom stereocenters. The van der Waals surface area contributed by atoms with Gasteiger partial charge in [-0.25, -0.2) is 4.79 Å². The van der Waals surface area contributed by atoms with E-state index in [1.165, 1.54) is 0 Å². The normalized spacial score (nSPS) is 12.9. The summed E-state index contributed by atoms with van der Waals surface area (Å²) in [6.45, 7) is 10.6. The molecule has 0 aliphatic carbocycles. The van der Waals surface area contributed by atoms with Gasteiger partial charge in [-0.1, -0.05) is 69.9 Å². The number of carbonyl (C=O) groups excluding carboxylic acids is 3. The number of hydrogen-bond donors (Lipinski definition) is 2. The Balaban J connectivity index is 3.31. The van der Waals surface area contributed by atoms with Crippen molar-refractivity contribution in [2.24, 2.45) is 0 Å². The number of alkyl carbamates (subject to hydrolysis) is 1. The van der Waals surface area contributed by atoms with E-state index in [0.717, 1.165) is 44.1 Å². The number of unbranched alkanes of at least 4 members (excludes halogenated alkanes) is 4. The summed E-state index contributed by atoms with van der Waals surface area (Å²) in [5.41, 5.74) is 0.0828. The number of benzene rings is 1. The van der Waals surface area contributed by atoms with Crippen LogP contribution < -0.4 is 10.6 Å². The molecule has 0 bridgehead atoms. The van der Waals surface area contributed by atoms with Crippen LogP contribution in [0.15, 0.2) is 30.3 Å². The first-order chi connectivity index (χ1) is 17.1. The lowest BCUT2D eigenvalue weighted by Crippen LogP contribution is -2.53. The molecule has 0 radical (unpaired) electrons. The second kappa shape index (κ2) is 17.3. The number of hydrogen-bond acceptors (Lipinski definition) is 5. The van der Waals surface area contributed by atoms with E-state index >= 15 is 0 Å². The van der Waals surface area contributed by atoms with E-state index in [1.807, 2.05) is 36.6 Å². The lowest BCUT2D eigenvalue weighted by atomic mass is 10.0. The Morgan fingerprint density at radius 3 is 2.22 bits per heavy atom. The van der Waals surface area contributed by atoms with Gasteiger partial charge in [0.1, 0.15) is 17.7 Å². The van der Waals surface area contributed by atoms with Gasteiger partial charge in [0.05, 0.1) is 0 Å². The van der Waals surface area contributed by atoms with E-state index in [9.17, 15) is 14.4 Å². The van der Waals surface area contributed by atoms with Crippen LogP contribution in [0, 0.1) is 0 Å². The lowest BCUT2D eigenvalue weighted by molar-refractivity contribution is -0.142. The highest BCUT2D eigenvalue weighted by atomic mass is 32.2. The lowest BCUT2D eigenvalue weighted by Gasteiger charge is -2.34. The SMILES string of the molecule is CCCCCNC(=O)C(c1ccccc1)N(CCCCC)C(=O)C(CCSC)NC(=O)OC(C)(C)C. The van der Waals surface area contributed by atoms with Crippen molar-refractivity contribution < 1.29 is 19.1 Å². The molecule has 0 heterocycles. The van der Waals surface area contributed by atoms with Crippen molar-refractivity contribution in [2.45, 2.75) is 97.2 Å². The first-order valence-electron chi connectivity index (χ1n) is 13.3. The van der Waals surface area contributed by atoms with Gasteiger partial charge in [-0.2, -0.15) is 11.8 Å². The molecule has 0 aliphatic rings. The van der Waals surface area contributed by atoms with E-state index in [2.05, 4.69) is 24.5 Å². The molecule has 204 valence electrons. The summed E-state index contributed by atoms with van der Waals surface area (Å²) in [6, 6.07) is 7.87. The number of rotatable bonds is 16. The van der Waals surface area contributed by atoms with Gasteiger partial charge >= 0.3 is 6.09 Å². The third kappa shape index (κ3) is 12.2. The smallest absolute Gasteiger partial charge is 0.408 e. The summed E-state index contributed by atoms with van der Waals surface area (Å²) in [5, 5.41) is 5.83. The van der Waals surface area contributed by atoms with Gasteiger partial charge in [-0.15, -0.1) is 0 Å². The number of ether oxygens (including phenoxy) is 1. The van der Waals surface area contributed by atoms with Gasteiger partial charge in [0.2, 0.25) is 11.8 Å².